The molecule has 0 saturated carbocycles. The molecule has 0 amide bonds. The van der Waals surface area contributed by atoms with Gasteiger partial charge in [0.2, 0.25) is 0 Å². The summed E-state index contributed by atoms with van der Waals surface area (Å²) in [5, 5.41) is 5.07. The van der Waals surface area contributed by atoms with Gasteiger partial charge in [-0.05, 0) is 73.2 Å². The zero-order chi connectivity index (χ0) is 23.4. The SMILES string of the molecule is CCOc1cc(C=Nn2c(-c3ccccc3)nc3ccccc3c2=O)cc(I)c1OC(C)C. The Morgan fingerprint density at radius 1 is 1.09 bits per heavy atom. The van der Waals surface area contributed by atoms with Crippen LogP contribution in [0, 0.1) is 3.57 Å². The van der Waals surface area contributed by atoms with E-state index in [1.54, 1.807) is 12.3 Å². The molecule has 0 spiro atoms. The molecule has 3 aromatic carbocycles. The number of nitrogens with zero attached hydrogens (tertiary/aromatic N) is 3. The van der Waals surface area contributed by atoms with Gasteiger partial charge in [0.25, 0.3) is 5.56 Å². The van der Waals surface area contributed by atoms with Crippen molar-refractivity contribution in [3.8, 4) is 22.9 Å². The highest BCUT2D eigenvalue weighted by molar-refractivity contribution is 14.1. The number of aromatic nitrogens is 2. The third kappa shape index (κ3) is 5.08. The third-order valence-corrected chi connectivity index (χ3v) is 5.59. The van der Waals surface area contributed by atoms with Crippen molar-refractivity contribution in [3.63, 3.8) is 0 Å². The average molecular weight is 553 g/mol. The lowest BCUT2D eigenvalue weighted by Gasteiger charge is -2.16. The highest BCUT2D eigenvalue weighted by atomic mass is 127. The number of hydrogen-bond donors (Lipinski definition) is 0. The Kier molecular flexibility index (Phi) is 7.08. The Hall–Kier alpha value is -3.20. The number of para-hydroxylation sites is 1. The van der Waals surface area contributed by atoms with E-state index >= 15 is 0 Å². The van der Waals surface area contributed by atoms with Crippen LogP contribution in [0.2, 0.25) is 0 Å². The minimum Gasteiger partial charge on any atom is -0.490 e. The van der Waals surface area contributed by atoms with Crippen molar-refractivity contribution in [1.82, 2.24) is 9.66 Å². The third-order valence-electron chi connectivity index (χ3n) is 4.79. The maximum atomic E-state index is 13.3. The molecular formula is C26H24IN3O3. The quantitative estimate of drug-likeness (QED) is 0.217. The molecule has 0 aliphatic heterocycles. The van der Waals surface area contributed by atoms with Crippen molar-refractivity contribution in [2.24, 2.45) is 5.10 Å². The summed E-state index contributed by atoms with van der Waals surface area (Å²) in [7, 11) is 0. The molecule has 0 saturated heterocycles. The van der Waals surface area contributed by atoms with Crippen LogP contribution in [-0.4, -0.2) is 28.6 Å². The van der Waals surface area contributed by atoms with Crippen LogP contribution in [0.1, 0.15) is 26.3 Å². The van der Waals surface area contributed by atoms with E-state index in [2.05, 4.69) is 27.7 Å². The van der Waals surface area contributed by atoms with E-state index in [9.17, 15) is 4.79 Å². The summed E-state index contributed by atoms with van der Waals surface area (Å²) < 4.78 is 14.0. The van der Waals surface area contributed by atoms with Gasteiger partial charge < -0.3 is 9.47 Å². The Bertz CT molecular complexity index is 1360. The fourth-order valence-electron chi connectivity index (χ4n) is 3.40. The van der Waals surface area contributed by atoms with Gasteiger partial charge >= 0.3 is 0 Å². The minimum absolute atomic E-state index is 0.0212. The maximum absolute atomic E-state index is 13.3. The molecule has 33 heavy (non-hydrogen) atoms. The number of hydrogen-bond acceptors (Lipinski definition) is 5. The van der Waals surface area contributed by atoms with Gasteiger partial charge in [-0.15, -0.1) is 0 Å². The molecule has 1 aromatic heterocycles. The first-order valence-electron chi connectivity index (χ1n) is 10.7. The van der Waals surface area contributed by atoms with Crippen molar-refractivity contribution < 1.29 is 9.47 Å². The molecule has 0 N–H and O–H groups in total. The molecule has 0 unspecified atom stereocenters. The van der Waals surface area contributed by atoms with E-state index in [0.29, 0.717) is 34.8 Å². The van der Waals surface area contributed by atoms with Crippen LogP contribution < -0.4 is 15.0 Å². The van der Waals surface area contributed by atoms with Gasteiger partial charge in [0.1, 0.15) is 0 Å². The van der Waals surface area contributed by atoms with Gasteiger partial charge in [0, 0.05) is 5.56 Å². The van der Waals surface area contributed by atoms with Gasteiger partial charge in [-0.3, -0.25) is 4.79 Å². The number of ether oxygens (including phenoxy) is 2. The van der Waals surface area contributed by atoms with E-state index < -0.39 is 0 Å². The first-order valence-corrected chi connectivity index (χ1v) is 11.8. The summed E-state index contributed by atoms with van der Waals surface area (Å²) in [4.78, 5) is 18.1. The molecule has 7 heteroatoms. The first kappa shape index (κ1) is 23.0. The smallest absolute Gasteiger partial charge is 0.282 e. The maximum Gasteiger partial charge on any atom is 0.282 e. The van der Waals surface area contributed by atoms with Crippen LogP contribution in [0.25, 0.3) is 22.3 Å². The fraction of sp³-hybridized carbons (Fsp3) is 0.192. The molecule has 0 aliphatic carbocycles. The average Bonchev–Trinajstić information content (AvgIpc) is 2.81. The van der Waals surface area contributed by atoms with E-state index in [1.165, 1.54) is 4.68 Å². The van der Waals surface area contributed by atoms with Gasteiger partial charge in [-0.2, -0.15) is 9.78 Å². The first-order chi connectivity index (χ1) is 16.0. The molecule has 1 heterocycles. The van der Waals surface area contributed by atoms with Crippen molar-refractivity contribution in [2.75, 3.05) is 6.61 Å². The topological polar surface area (TPSA) is 65.7 Å². The summed E-state index contributed by atoms with van der Waals surface area (Å²) in [6.45, 7) is 6.40. The number of rotatable bonds is 7. The Balaban J connectivity index is 1.84. The zero-order valence-corrected chi connectivity index (χ0v) is 20.8. The van der Waals surface area contributed by atoms with Crippen LogP contribution >= 0.6 is 22.6 Å². The molecular weight excluding hydrogens is 529 g/mol. The van der Waals surface area contributed by atoms with E-state index in [4.69, 9.17) is 14.5 Å². The largest absolute Gasteiger partial charge is 0.490 e. The summed E-state index contributed by atoms with van der Waals surface area (Å²) >= 11 is 2.23. The second kappa shape index (κ2) is 10.2. The normalized spacial score (nSPS) is 11.4. The Morgan fingerprint density at radius 2 is 1.82 bits per heavy atom. The lowest BCUT2D eigenvalue weighted by molar-refractivity contribution is 0.222. The predicted octanol–water partition coefficient (Wildman–Crippen LogP) is 5.74. The van der Waals surface area contributed by atoms with Gasteiger partial charge in [-0.1, -0.05) is 42.5 Å². The van der Waals surface area contributed by atoms with Gasteiger partial charge in [-0.25, -0.2) is 4.98 Å². The summed E-state index contributed by atoms with van der Waals surface area (Å²) in [6.07, 6.45) is 1.67. The van der Waals surface area contributed by atoms with E-state index in [1.807, 2.05) is 81.4 Å². The summed E-state index contributed by atoms with van der Waals surface area (Å²) in [6, 6.07) is 20.7. The van der Waals surface area contributed by atoms with Crippen LogP contribution in [0.4, 0.5) is 0 Å². The van der Waals surface area contributed by atoms with Gasteiger partial charge in [0.15, 0.2) is 17.3 Å². The van der Waals surface area contributed by atoms with Gasteiger partial charge in [0.05, 0.1) is 33.4 Å². The molecule has 0 atom stereocenters. The molecule has 6 nitrogen and oxygen atoms in total. The lowest BCUT2D eigenvalue weighted by Crippen LogP contribution is -2.20. The highest BCUT2D eigenvalue weighted by Crippen LogP contribution is 2.34. The minimum atomic E-state index is -0.227. The second-order valence-electron chi connectivity index (χ2n) is 7.61. The van der Waals surface area contributed by atoms with E-state index in [0.717, 1.165) is 14.7 Å². The number of halogens is 1. The zero-order valence-electron chi connectivity index (χ0n) is 18.7. The Labute approximate surface area is 206 Å². The molecule has 0 radical (unpaired) electrons. The highest BCUT2D eigenvalue weighted by Gasteiger charge is 2.15. The number of fused-ring (bicyclic) bond motifs is 1. The Morgan fingerprint density at radius 3 is 2.55 bits per heavy atom. The predicted molar refractivity (Wildman–Crippen MR) is 141 cm³/mol. The molecule has 168 valence electrons. The monoisotopic (exact) mass is 553 g/mol. The van der Waals surface area contributed by atoms with E-state index in [-0.39, 0.29) is 11.7 Å². The molecule has 0 fully saturated rings. The van der Waals surface area contributed by atoms with Crippen molar-refractivity contribution in [1.29, 1.82) is 0 Å². The number of benzene rings is 3. The molecule has 4 aromatic rings. The molecule has 0 aliphatic rings. The summed E-state index contributed by atoms with van der Waals surface area (Å²) in [5.74, 6) is 1.83. The van der Waals surface area contributed by atoms with Crippen LogP contribution in [0.15, 0.2) is 76.6 Å². The molecule has 0 bridgehead atoms. The van der Waals surface area contributed by atoms with Crippen LogP contribution in [0.3, 0.4) is 0 Å². The second-order valence-corrected chi connectivity index (χ2v) is 8.77. The fourth-order valence-corrected chi connectivity index (χ4v) is 4.16. The summed E-state index contributed by atoms with van der Waals surface area (Å²) in [5.41, 5.74) is 2.01. The standard InChI is InChI=1S/C26H24IN3O3/c1-4-32-23-15-18(14-21(27)24(23)33-17(2)3)16-28-30-25(19-10-6-5-7-11-19)29-22-13-9-8-12-20(22)26(30)31/h5-17H,4H2,1-3H3. The van der Waals surface area contributed by atoms with Crippen molar-refractivity contribution in [2.45, 2.75) is 26.9 Å². The van der Waals surface area contributed by atoms with Crippen LogP contribution in [0.5, 0.6) is 11.5 Å². The van der Waals surface area contributed by atoms with Crippen LogP contribution in [-0.2, 0) is 0 Å². The lowest BCUT2D eigenvalue weighted by atomic mass is 10.2. The molecule has 4 rings (SSSR count). The van der Waals surface area contributed by atoms with Crippen molar-refractivity contribution in [3.05, 3.63) is 86.2 Å². The van der Waals surface area contributed by atoms with Crippen molar-refractivity contribution >= 4 is 39.7 Å².